The van der Waals surface area contributed by atoms with E-state index in [1.807, 2.05) is 18.2 Å². The van der Waals surface area contributed by atoms with E-state index in [2.05, 4.69) is 26.6 Å². The van der Waals surface area contributed by atoms with Gasteiger partial charge in [0.15, 0.2) is 5.11 Å². The van der Waals surface area contributed by atoms with Crippen LogP contribution in [0.5, 0.6) is 0 Å². The second-order valence-electron chi connectivity index (χ2n) is 3.35. The molecule has 0 aliphatic carbocycles. The molecule has 0 saturated heterocycles. The van der Waals surface area contributed by atoms with Crippen LogP contribution in [0.3, 0.4) is 0 Å². The number of thiocarbonyl (C=S) groups is 1. The summed E-state index contributed by atoms with van der Waals surface area (Å²) in [6, 6.07) is 5.59. The van der Waals surface area contributed by atoms with Gasteiger partial charge in [-0.2, -0.15) is 0 Å². The van der Waals surface area contributed by atoms with Gasteiger partial charge in [0.1, 0.15) is 0 Å². The van der Waals surface area contributed by atoms with Crippen molar-refractivity contribution in [1.82, 2.24) is 5.32 Å². The van der Waals surface area contributed by atoms with Crippen molar-refractivity contribution in [3.05, 3.63) is 27.7 Å². The number of anilines is 1. The number of ether oxygens (including phenoxy) is 1. The maximum atomic E-state index is 6.06. The summed E-state index contributed by atoms with van der Waals surface area (Å²) in [6.45, 7) is 1.49. The first-order chi connectivity index (χ1) is 8.13. The van der Waals surface area contributed by atoms with Crippen LogP contribution >= 0.6 is 39.7 Å². The summed E-state index contributed by atoms with van der Waals surface area (Å²) in [7, 11) is 1.68. The van der Waals surface area contributed by atoms with Crippen LogP contribution in [0.2, 0.25) is 5.02 Å². The van der Waals surface area contributed by atoms with Crippen molar-refractivity contribution in [3.8, 4) is 0 Å². The number of nitrogens with one attached hydrogen (secondary N) is 2. The van der Waals surface area contributed by atoms with Gasteiger partial charge in [-0.15, -0.1) is 0 Å². The molecular formula is C11H14BrClN2OS. The Labute approximate surface area is 120 Å². The fraction of sp³-hybridized carbons (Fsp3) is 0.364. The van der Waals surface area contributed by atoms with E-state index < -0.39 is 0 Å². The van der Waals surface area contributed by atoms with Crippen molar-refractivity contribution < 1.29 is 4.74 Å². The Morgan fingerprint density at radius 3 is 2.94 bits per heavy atom. The van der Waals surface area contributed by atoms with E-state index in [1.54, 1.807) is 7.11 Å². The van der Waals surface area contributed by atoms with Gasteiger partial charge in [0.05, 0.1) is 10.7 Å². The Morgan fingerprint density at radius 1 is 1.53 bits per heavy atom. The Kier molecular flexibility index (Phi) is 6.80. The van der Waals surface area contributed by atoms with Gasteiger partial charge in [-0.05, 0) is 36.8 Å². The van der Waals surface area contributed by atoms with Crippen molar-refractivity contribution in [2.45, 2.75) is 6.42 Å². The van der Waals surface area contributed by atoms with Crippen LogP contribution in [0.4, 0.5) is 5.69 Å². The summed E-state index contributed by atoms with van der Waals surface area (Å²) in [5, 5.41) is 7.30. The molecule has 2 N–H and O–H groups in total. The minimum atomic E-state index is 0.560. The first-order valence-electron chi connectivity index (χ1n) is 5.12. The summed E-state index contributed by atoms with van der Waals surface area (Å²) in [6.07, 6.45) is 0.909. The van der Waals surface area contributed by atoms with E-state index in [0.29, 0.717) is 16.7 Å². The third-order valence-electron chi connectivity index (χ3n) is 1.99. The summed E-state index contributed by atoms with van der Waals surface area (Å²) < 4.78 is 5.88. The van der Waals surface area contributed by atoms with Gasteiger partial charge in [-0.1, -0.05) is 27.5 Å². The molecule has 0 aromatic heterocycles. The van der Waals surface area contributed by atoms with Crippen molar-refractivity contribution in [1.29, 1.82) is 0 Å². The highest BCUT2D eigenvalue weighted by molar-refractivity contribution is 9.10. The third kappa shape index (κ3) is 5.68. The van der Waals surface area contributed by atoms with Crippen LogP contribution in [0.15, 0.2) is 22.7 Å². The van der Waals surface area contributed by atoms with Gasteiger partial charge in [-0.25, -0.2) is 0 Å². The second kappa shape index (κ2) is 7.87. The molecule has 1 rings (SSSR count). The highest BCUT2D eigenvalue weighted by atomic mass is 79.9. The molecular weight excluding hydrogens is 324 g/mol. The number of methoxy groups -OCH3 is 1. The summed E-state index contributed by atoms with van der Waals surface area (Å²) in [4.78, 5) is 0. The molecule has 3 nitrogen and oxygen atoms in total. The molecule has 0 amide bonds. The van der Waals surface area contributed by atoms with Crippen molar-refractivity contribution in [3.63, 3.8) is 0 Å². The van der Waals surface area contributed by atoms with Gasteiger partial charge in [0.25, 0.3) is 0 Å². The minimum absolute atomic E-state index is 0.560. The molecule has 0 aliphatic rings. The van der Waals surface area contributed by atoms with Gasteiger partial charge in [0.2, 0.25) is 0 Å². The molecule has 0 spiro atoms. The van der Waals surface area contributed by atoms with Crippen molar-refractivity contribution >= 4 is 50.5 Å². The number of benzene rings is 1. The van der Waals surface area contributed by atoms with Crippen molar-refractivity contribution in [2.24, 2.45) is 0 Å². The maximum absolute atomic E-state index is 6.06. The standard InChI is InChI=1S/C11H14BrClN2OS/c1-16-6-2-5-14-11(17)15-10-4-3-8(12)7-9(10)13/h3-4,7H,2,5-6H2,1H3,(H2,14,15,17). The number of rotatable bonds is 5. The minimum Gasteiger partial charge on any atom is -0.385 e. The van der Waals surface area contributed by atoms with Gasteiger partial charge >= 0.3 is 0 Å². The molecule has 0 heterocycles. The fourth-order valence-corrected chi connectivity index (χ4v) is 2.11. The molecule has 0 aliphatic heterocycles. The molecule has 0 fully saturated rings. The van der Waals surface area contributed by atoms with Gasteiger partial charge in [0, 0.05) is 24.7 Å². The van der Waals surface area contributed by atoms with Crippen LogP contribution in [-0.4, -0.2) is 25.4 Å². The van der Waals surface area contributed by atoms with Crippen LogP contribution in [0.25, 0.3) is 0 Å². The van der Waals surface area contributed by atoms with Gasteiger partial charge < -0.3 is 15.4 Å². The maximum Gasteiger partial charge on any atom is 0.170 e. The average molecular weight is 338 g/mol. The molecule has 6 heteroatoms. The zero-order valence-electron chi connectivity index (χ0n) is 9.43. The van der Waals surface area contributed by atoms with E-state index in [1.165, 1.54) is 0 Å². The molecule has 17 heavy (non-hydrogen) atoms. The molecule has 1 aromatic rings. The highest BCUT2D eigenvalue weighted by Crippen LogP contribution is 2.25. The lowest BCUT2D eigenvalue weighted by atomic mass is 10.3. The predicted octanol–water partition coefficient (Wildman–Crippen LogP) is 3.43. The molecule has 0 bridgehead atoms. The topological polar surface area (TPSA) is 33.3 Å². The zero-order valence-corrected chi connectivity index (χ0v) is 12.6. The van der Waals surface area contributed by atoms with E-state index in [9.17, 15) is 0 Å². The van der Waals surface area contributed by atoms with E-state index in [0.717, 1.165) is 23.1 Å². The van der Waals surface area contributed by atoms with E-state index >= 15 is 0 Å². The van der Waals surface area contributed by atoms with E-state index in [4.69, 9.17) is 28.6 Å². The molecule has 0 radical (unpaired) electrons. The fourth-order valence-electron chi connectivity index (χ4n) is 1.18. The Bertz CT molecular complexity index is 390. The Hall–Kier alpha value is -0.360. The first-order valence-corrected chi connectivity index (χ1v) is 6.70. The Morgan fingerprint density at radius 2 is 2.29 bits per heavy atom. The van der Waals surface area contributed by atoms with Crippen LogP contribution in [0, 0.1) is 0 Å². The number of hydrogen-bond donors (Lipinski definition) is 2. The quantitative estimate of drug-likeness (QED) is 0.637. The van der Waals surface area contributed by atoms with Crippen molar-refractivity contribution in [2.75, 3.05) is 25.6 Å². The lowest BCUT2D eigenvalue weighted by Gasteiger charge is -2.11. The monoisotopic (exact) mass is 336 g/mol. The molecule has 94 valence electrons. The second-order valence-corrected chi connectivity index (χ2v) is 5.08. The molecule has 0 unspecified atom stereocenters. The zero-order chi connectivity index (χ0) is 12.7. The molecule has 0 atom stereocenters. The highest BCUT2D eigenvalue weighted by Gasteiger charge is 2.02. The predicted molar refractivity (Wildman–Crippen MR) is 79.9 cm³/mol. The molecule has 0 saturated carbocycles. The first kappa shape index (κ1) is 14.7. The smallest absolute Gasteiger partial charge is 0.170 e. The summed E-state index contributed by atoms with van der Waals surface area (Å²) in [5.41, 5.74) is 0.791. The van der Waals surface area contributed by atoms with Crippen LogP contribution in [0.1, 0.15) is 6.42 Å². The van der Waals surface area contributed by atoms with E-state index in [-0.39, 0.29) is 0 Å². The number of halogens is 2. The molecule has 1 aromatic carbocycles. The summed E-state index contributed by atoms with van der Waals surface area (Å²) in [5.74, 6) is 0. The van der Waals surface area contributed by atoms with Crippen LogP contribution in [-0.2, 0) is 4.74 Å². The lowest BCUT2D eigenvalue weighted by molar-refractivity contribution is 0.196. The van der Waals surface area contributed by atoms with Crippen LogP contribution < -0.4 is 10.6 Å². The largest absolute Gasteiger partial charge is 0.385 e. The normalized spacial score (nSPS) is 10.1. The van der Waals surface area contributed by atoms with Gasteiger partial charge in [-0.3, -0.25) is 0 Å². The average Bonchev–Trinajstić information content (AvgIpc) is 2.28. The third-order valence-corrected chi connectivity index (χ3v) is 3.04. The number of hydrogen-bond acceptors (Lipinski definition) is 2. The summed E-state index contributed by atoms with van der Waals surface area (Å²) >= 11 is 14.5. The Balaban J connectivity index is 2.40. The SMILES string of the molecule is COCCCNC(=S)Nc1ccc(Br)cc1Cl. The lowest BCUT2D eigenvalue weighted by Crippen LogP contribution is -2.29.